The fourth-order valence-corrected chi connectivity index (χ4v) is 1.84. The van der Waals surface area contributed by atoms with Gasteiger partial charge in [0.05, 0.1) is 5.69 Å². The molecule has 2 rings (SSSR count). The molecule has 6 nitrogen and oxygen atoms in total. The number of halogens is 3. The van der Waals surface area contributed by atoms with Crippen LogP contribution in [0.3, 0.4) is 0 Å². The maximum Gasteiger partial charge on any atom is 0.437 e. The summed E-state index contributed by atoms with van der Waals surface area (Å²) in [7, 11) is 1.34. The van der Waals surface area contributed by atoms with E-state index < -0.39 is 23.5 Å². The van der Waals surface area contributed by atoms with Gasteiger partial charge in [0.15, 0.2) is 5.69 Å². The molecule has 0 unspecified atom stereocenters. The molecule has 2 heterocycles. The molecule has 0 saturated heterocycles. The van der Waals surface area contributed by atoms with Crippen LogP contribution in [0.25, 0.3) is 6.08 Å². The van der Waals surface area contributed by atoms with Crippen LogP contribution in [0.5, 0.6) is 0 Å². The van der Waals surface area contributed by atoms with Gasteiger partial charge in [0.2, 0.25) is 0 Å². The lowest BCUT2D eigenvalue weighted by molar-refractivity contribution is -0.140. The summed E-state index contributed by atoms with van der Waals surface area (Å²) in [5.74, 6) is -0.713. The SMILES string of the molecule is CC(=N)/C=C\c1ccc(C(=O)Nc2cn(C)nc2C(F)(F)F)[nH]1. The zero-order valence-electron chi connectivity index (χ0n) is 12.3. The van der Waals surface area contributed by atoms with Gasteiger partial charge in [-0.25, -0.2) is 0 Å². The van der Waals surface area contributed by atoms with E-state index in [0.717, 1.165) is 10.9 Å². The highest BCUT2D eigenvalue weighted by atomic mass is 19.4. The van der Waals surface area contributed by atoms with Gasteiger partial charge in [0.1, 0.15) is 5.69 Å². The number of aryl methyl sites for hydroxylation is 1. The molecule has 0 aromatic carbocycles. The van der Waals surface area contributed by atoms with Gasteiger partial charge in [-0.05, 0) is 31.2 Å². The molecule has 1 amide bonds. The molecule has 23 heavy (non-hydrogen) atoms. The molecule has 2 aromatic rings. The Kier molecular flexibility index (Phi) is 4.39. The third-order valence-electron chi connectivity index (χ3n) is 2.81. The van der Waals surface area contributed by atoms with E-state index in [4.69, 9.17) is 5.41 Å². The van der Waals surface area contributed by atoms with Crippen molar-refractivity contribution in [1.82, 2.24) is 14.8 Å². The Morgan fingerprint density at radius 2 is 2.13 bits per heavy atom. The molecular weight excluding hydrogens is 311 g/mol. The van der Waals surface area contributed by atoms with Crippen molar-refractivity contribution in [2.75, 3.05) is 5.32 Å². The molecular formula is C14H14F3N5O. The first-order valence-corrected chi connectivity index (χ1v) is 6.51. The number of aromatic nitrogens is 3. The van der Waals surface area contributed by atoms with E-state index in [1.54, 1.807) is 19.1 Å². The highest BCUT2D eigenvalue weighted by Crippen LogP contribution is 2.33. The van der Waals surface area contributed by atoms with E-state index in [9.17, 15) is 18.0 Å². The molecule has 0 saturated carbocycles. The van der Waals surface area contributed by atoms with Gasteiger partial charge in [-0.1, -0.05) is 0 Å². The Bertz CT molecular complexity index is 770. The number of alkyl halides is 3. The normalized spacial score (nSPS) is 11.9. The number of allylic oxidation sites excluding steroid dienone is 1. The monoisotopic (exact) mass is 325 g/mol. The van der Waals surface area contributed by atoms with Crippen molar-refractivity contribution in [2.45, 2.75) is 13.1 Å². The lowest BCUT2D eigenvalue weighted by atomic mass is 10.3. The van der Waals surface area contributed by atoms with Gasteiger partial charge in [0.25, 0.3) is 5.91 Å². The summed E-state index contributed by atoms with van der Waals surface area (Å²) in [5, 5.41) is 12.8. The summed E-state index contributed by atoms with van der Waals surface area (Å²) in [4.78, 5) is 14.8. The number of rotatable bonds is 4. The summed E-state index contributed by atoms with van der Waals surface area (Å²) >= 11 is 0. The number of aromatic amines is 1. The average Bonchev–Trinajstić information content (AvgIpc) is 3.02. The third kappa shape index (κ3) is 4.09. The minimum atomic E-state index is -4.66. The lowest BCUT2D eigenvalue weighted by Gasteiger charge is -2.06. The number of carbonyl (C=O) groups excluding carboxylic acids is 1. The molecule has 0 atom stereocenters. The molecule has 3 N–H and O–H groups in total. The van der Waals surface area contributed by atoms with Crippen molar-refractivity contribution in [3.8, 4) is 0 Å². The number of nitrogens with zero attached hydrogens (tertiary/aromatic N) is 2. The second-order valence-electron chi connectivity index (χ2n) is 4.86. The molecule has 122 valence electrons. The van der Waals surface area contributed by atoms with Gasteiger partial charge in [-0.3, -0.25) is 9.48 Å². The summed E-state index contributed by atoms with van der Waals surface area (Å²) in [6, 6.07) is 3.03. The maximum atomic E-state index is 12.8. The first-order valence-electron chi connectivity index (χ1n) is 6.51. The highest BCUT2D eigenvalue weighted by molar-refractivity contribution is 6.03. The molecule has 0 radical (unpaired) electrons. The van der Waals surface area contributed by atoms with Gasteiger partial charge in [0, 0.05) is 24.7 Å². The van der Waals surface area contributed by atoms with Crippen molar-refractivity contribution in [2.24, 2.45) is 7.05 Å². The Labute approximate surface area is 129 Å². The zero-order valence-corrected chi connectivity index (χ0v) is 12.3. The Balaban J connectivity index is 2.19. The molecule has 0 spiro atoms. The lowest BCUT2D eigenvalue weighted by Crippen LogP contribution is -2.16. The maximum absolute atomic E-state index is 12.8. The predicted octanol–water partition coefficient (Wildman–Crippen LogP) is 3.07. The van der Waals surface area contributed by atoms with Gasteiger partial charge >= 0.3 is 6.18 Å². The molecule has 0 aliphatic heterocycles. The largest absolute Gasteiger partial charge is 0.437 e. The summed E-state index contributed by atoms with van der Waals surface area (Å²) in [5.41, 5.74) is -0.574. The summed E-state index contributed by atoms with van der Waals surface area (Å²) in [6.45, 7) is 1.59. The van der Waals surface area contributed by atoms with E-state index in [0.29, 0.717) is 11.4 Å². The average molecular weight is 325 g/mol. The van der Waals surface area contributed by atoms with Crippen molar-refractivity contribution in [1.29, 1.82) is 5.41 Å². The van der Waals surface area contributed by atoms with Crippen LogP contribution in [0.4, 0.5) is 18.9 Å². The van der Waals surface area contributed by atoms with Crippen LogP contribution in [-0.2, 0) is 13.2 Å². The topological polar surface area (TPSA) is 86.6 Å². The third-order valence-corrected chi connectivity index (χ3v) is 2.81. The van der Waals surface area contributed by atoms with E-state index in [1.807, 2.05) is 0 Å². The Morgan fingerprint density at radius 1 is 1.43 bits per heavy atom. The Hall–Kier alpha value is -2.84. The first-order chi connectivity index (χ1) is 10.7. The van der Waals surface area contributed by atoms with Crippen molar-refractivity contribution in [3.05, 3.63) is 41.5 Å². The number of amides is 1. The number of carbonyl (C=O) groups is 1. The summed E-state index contributed by atoms with van der Waals surface area (Å²) < 4.78 is 39.5. The fourth-order valence-electron chi connectivity index (χ4n) is 1.84. The van der Waals surface area contributed by atoms with Gasteiger partial charge in [-0.2, -0.15) is 18.3 Å². The quantitative estimate of drug-likeness (QED) is 0.755. The van der Waals surface area contributed by atoms with Crippen LogP contribution < -0.4 is 5.32 Å². The molecule has 0 aliphatic rings. The van der Waals surface area contributed by atoms with Crippen molar-refractivity contribution >= 4 is 23.4 Å². The number of anilines is 1. The number of hydrogen-bond acceptors (Lipinski definition) is 3. The van der Waals surface area contributed by atoms with E-state index in [2.05, 4.69) is 15.4 Å². The van der Waals surface area contributed by atoms with E-state index >= 15 is 0 Å². The number of H-pyrrole nitrogens is 1. The number of nitrogens with one attached hydrogen (secondary N) is 3. The van der Waals surface area contributed by atoms with E-state index in [-0.39, 0.29) is 5.69 Å². The first kappa shape index (κ1) is 16.5. The predicted molar refractivity (Wildman–Crippen MR) is 79.4 cm³/mol. The van der Waals surface area contributed by atoms with Crippen LogP contribution in [0.1, 0.15) is 28.8 Å². The molecule has 0 bridgehead atoms. The minimum absolute atomic E-state index is 0.101. The second kappa shape index (κ2) is 6.11. The van der Waals surface area contributed by atoms with Crippen LogP contribution in [0.15, 0.2) is 24.4 Å². The number of hydrogen-bond donors (Lipinski definition) is 3. The van der Waals surface area contributed by atoms with Crippen molar-refractivity contribution < 1.29 is 18.0 Å². The van der Waals surface area contributed by atoms with Crippen LogP contribution in [-0.4, -0.2) is 26.4 Å². The molecule has 0 fully saturated rings. The van der Waals surface area contributed by atoms with Crippen LogP contribution >= 0.6 is 0 Å². The smallest absolute Gasteiger partial charge is 0.351 e. The molecule has 9 heteroatoms. The highest BCUT2D eigenvalue weighted by Gasteiger charge is 2.37. The van der Waals surface area contributed by atoms with Gasteiger partial charge < -0.3 is 15.7 Å². The van der Waals surface area contributed by atoms with Crippen LogP contribution in [0.2, 0.25) is 0 Å². The molecule has 0 aliphatic carbocycles. The van der Waals surface area contributed by atoms with Crippen LogP contribution in [0, 0.1) is 5.41 Å². The standard InChI is InChI=1S/C14H14F3N5O/c1-8(18)3-4-9-5-6-10(19-9)13(23)20-11-7-22(2)21-12(11)14(15,16)17/h3-7,18-19H,1-2H3,(H,20,23)/b4-3-,18-8?. The van der Waals surface area contributed by atoms with Gasteiger partial charge in [-0.15, -0.1) is 0 Å². The minimum Gasteiger partial charge on any atom is -0.351 e. The Morgan fingerprint density at radius 3 is 2.74 bits per heavy atom. The fraction of sp³-hybridized carbons (Fsp3) is 0.214. The molecule has 2 aromatic heterocycles. The van der Waals surface area contributed by atoms with Crippen molar-refractivity contribution in [3.63, 3.8) is 0 Å². The second-order valence-corrected chi connectivity index (χ2v) is 4.86. The summed E-state index contributed by atoms with van der Waals surface area (Å²) in [6.07, 6.45) is -0.460. The zero-order chi connectivity index (χ0) is 17.2. The van der Waals surface area contributed by atoms with E-state index in [1.165, 1.54) is 19.2 Å².